The lowest BCUT2D eigenvalue weighted by Gasteiger charge is -2.42. The summed E-state index contributed by atoms with van der Waals surface area (Å²) < 4.78 is 0. The molecule has 0 spiro atoms. The van der Waals surface area contributed by atoms with E-state index in [9.17, 15) is 4.79 Å². The van der Waals surface area contributed by atoms with Crippen molar-refractivity contribution in [1.29, 1.82) is 0 Å². The Hall–Kier alpha value is -0.570. The number of hydrogen-bond acceptors (Lipinski definition) is 2. The third-order valence-electron chi connectivity index (χ3n) is 5.11. The second-order valence-electron chi connectivity index (χ2n) is 6.52. The summed E-state index contributed by atoms with van der Waals surface area (Å²) in [7, 11) is 0. The Balaban J connectivity index is 1.98. The van der Waals surface area contributed by atoms with Gasteiger partial charge in [-0.2, -0.15) is 0 Å². The summed E-state index contributed by atoms with van der Waals surface area (Å²) in [4.78, 5) is 15.0. The minimum Gasteiger partial charge on any atom is -0.337 e. The van der Waals surface area contributed by atoms with E-state index in [2.05, 4.69) is 31.0 Å². The first-order valence-electron chi connectivity index (χ1n) is 8.19. The molecule has 2 atom stereocenters. The Morgan fingerprint density at radius 1 is 1.16 bits per heavy atom. The summed E-state index contributed by atoms with van der Waals surface area (Å²) in [5, 5.41) is 3.57. The van der Waals surface area contributed by atoms with E-state index in [1.54, 1.807) is 0 Å². The van der Waals surface area contributed by atoms with Crippen LogP contribution in [0.4, 0.5) is 0 Å². The molecule has 3 nitrogen and oxygen atoms in total. The highest BCUT2D eigenvalue weighted by atomic mass is 16.2. The number of nitrogens with zero attached hydrogens (tertiary/aromatic N) is 1. The molecule has 1 saturated carbocycles. The molecule has 0 aromatic heterocycles. The van der Waals surface area contributed by atoms with Crippen molar-refractivity contribution < 1.29 is 4.79 Å². The van der Waals surface area contributed by atoms with E-state index in [-0.39, 0.29) is 0 Å². The number of amides is 1. The summed E-state index contributed by atoms with van der Waals surface area (Å²) >= 11 is 0. The van der Waals surface area contributed by atoms with Crippen LogP contribution in [0.1, 0.15) is 59.3 Å². The van der Waals surface area contributed by atoms with Gasteiger partial charge in [0.05, 0.1) is 0 Å². The van der Waals surface area contributed by atoms with Crippen molar-refractivity contribution >= 4 is 5.91 Å². The lowest BCUT2D eigenvalue weighted by Crippen LogP contribution is -2.59. The largest absolute Gasteiger partial charge is 0.337 e. The maximum absolute atomic E-state index is 12.8. The molecule has 2 fully saturated rings. The average molecular weight is 266 g/mol. The van der Waals surface area contributed by atoms with Crippen LogP contribution in [-0.2, 0) is 4.79 Å². The van der Waals surface area contributed by atoms with Crippen LogP contribution >= 0.6 is 0 Å². The number of carbonyl (C=O) groups excluding carboxylic acids is 1. The van der Waals surface area contributed by atoms with Gasteiger partial charge in [-0.15, -0.1) is 0 Å². The van der Waals surface area contributed by atoms with Gasteiger partial charge in [-0.3, -0.25) is 4.79 Å². The second kappa shape index (κ2) is 6.74. The number of nitrogens with one attached hydrogen (secondary N) is 1. The summed E-state index contributed by atoms with van der Waals surface area (Å²) in [5.41, 5.74) is 0. The lowest BCUT2D eigenvalue weighted by atomic mass is 9.82. The molecular formula is C16H30N2O. The molecule has 1 heterocycles. The SMILES string of the molecule is CCC1CN(C(=O)C2CCC(C)CC2)C(CC)CN1. The first-order valence-corrected chi connectivity index (χ1v) is 8.19. The Morgan fingerprint density at radius 3 is 2.42 bits per heavy atom. The smallest absolute Gasteiger partial charge is 0.226 e. The Morgan fingerprint density at radius 2 is 1.84 bits per heavy atom. The Kier molecular flexibility index (Phi) is 5.26. The highest BCUT2D eigenvalue weighted by Gasteiger charge is 2.34. The first kappa shape index (κ1) is 14.8. The molecule has 1 aliphatic heterocycles. The Bertz CT molecular complexity index is 297. The molecule has 110 valence electrons. The van der Waals surface area contributed by atoms with E-state index in [0.29, 0.717) is 23.9 Å². The number of carbonyl (C=O) groups is 1. The molecule has 0 aromatic carbocycles. The van der Waals surface area contributed by atoms with Crippen LogP contribution in [0.2, 0.25) is 0 Å². The maximum Gasteiger partial charge on any atom is 0.226 e. The van der Waals surface area contributed by atoms with Crippen molar-refractivity contribution in [3.63, 3.8) is 0 Å². The fraction of sp³-hybridized carbons (Fsp3) is 0.938. The zero-order valence-electron chi connectivity index (χ0n) is 12.8. The maximum atomic E-state index is 12.8. The van der Waals surface area contributed by atoms with Gasteiger partial charge < -0.3 is 10.2 Å². The summed E-state index contributed by atoms with van der Waals surface area (Å²) in [5.74, 6) is 1.57. The molecule has 2 rings (SSSR count). The van der Waals surface area contributed by atoms with E-state index < -0.39 is 0 Å². The van der Waals surface area contributed by atoms with Gasteiger partial charge in [0.25, 0.3) is 0 Å². The predicted octanol–water partition coefficient (Wildman–Crippen LogP) is 2.80. The van der Waals surface area contributed by atoms with Gasteiger partial charge in [0.15, 0.2) is 0 Å². The molecular weight excluding hydrogens is 236 g/mol. The first-order chi connectivity index (χ1) is 9.15. The normalized spacial score (nSPS) is 36.3. The van der Waals surface area contributed by atoms with Gasteiger partial charge in [-0.05, 0) is 44.4 Å². The van der Waals surface area contributed by atoms with Crippen LogP contribution in [0.5, 0.6) is 0 Å². The highest BCUT2D eigenvalue weighted by Crippen LogP contribution is 2.30. The molecule has 19 heavy (non-hydrogen) atoms. The molecule has 1 amide bonds. The average Bonchev–Trinajstić information content (AvgIpc) is 2.46. The number of hydrogen-bond donors (Lipinski definition) is 1. The molecule has 1 aliphatic carbocycles. The third kappa shape index (κ3) is 3.50. The molecule has 0 radical (unpaired) electrons. The Labute approximate surface area is 118 Å². The van der Waals surface area contributed by atoms with Crippen LogP contribution in [0, 0.1) is 11.8 Å². The zero-order valence-corrected chi connectivity index (χ0v) is 12.8. The number of piperazine rings is 1. The second-order valence-corrected chi connectivity index (χ2v) is 6.52. The van der Waals surface area contributed by atoms with Crippen LogP contribution in [0.25, 0.3) is 0 Å². The standard InChI is InChI=1S/C16H30N2O/c1-4-14-11-18(15(5-2)10-17-14)16(19)13-8-6-12(3)7-9-13/h12-15,17H,4-11H2,1-3H3. The van der Waals surface area contributed by atoms with Crippen molar-refractivity contribution in [1.82, 2.24) is 10.2 Å². The summed E-state index contributed by atoms with van der Waals surface area (Å²) in [6, 6.07) is 0.906. The van der Waals surface area contributed by atoms with Crippen molar-refractivity contribution in [2.24, 2.45) is 11.8 Å². The van der Waals surface area contributed by atoms with E-state index in [0.717, 1.165) is 44.7 Å². The molecule has 0 aromatic rings. The zero-order chi connectivity index (χ0) is 13.8. The minimum atomic E-state index is 0.306. The molecule has 1 N–H and O–H groups in total. The fourth-order valence-electron chi connectivity index (χ4n) is 3.51. The highest BCUT2D eigenvalue weighted by molar-refractivity contribution is 5.79. The van der Waals surface area contributed by atoms with Crippen molar-refractivity contribution in [2.75, 3.05) is 13.1 Å². The topological polar surface area (TPSA) is 32.3 Å². The van der Waals surface area contributed by atoms with Crippen molar-refractivity contribution in [3.8, 4) is 0 Å². The van der Waals surface area contributed by atoms with Gasteiger partial charge in [0, 0.05) is 31.1 Å². The third-order valence-corrected chi connectivity index (χ3v) is 5.11. The van der Waals surface area contributed by atoms with E-state index in [4.69, 9.17) is 0 Å². The van der Waals surface area contributed by atoms with Gasteiger partial charge in [-0.25, -0.2) is 0 Å². The van der Waals surface area contributed by atoms with Crippen molar-refractivity contribution in [3.05, 3.63) is 0 Å². The van der Waals surface area contributed by atoms with E-state index in [1.807, 2.05) is 0 Å². The van der Waals surface area contributed by atoms with E-state index in [1.165, 1.54) is 12.8 Å². The summed E-state index contributed by atoms with van der Waals surface area (Å²) in [6.45, 7) is 8.61. The van der Waals surface area contributed by atoms with Crippen LogP contribution < -0.4 is 5.32 Å². The van der Waals surface area contributed by atoms with Gasteiger partial charge >= 0.3 is 0 Å². The molecule has 1 saturated heterocycles. The van der Waals surface area contributed by atoms with Crippen LogP contribution in [0.15, 0.2) is 0 Å². The predicted molar refractivity (Wildman–Crippen MR) is 79.0 cm³/mol. The van der Waals surface area contributed by atoms with Gasteiger partial charge in [0.2, 0.25) is 5.91 Å². The molecule has 2 aliphatic rings. The number of rotatable bonds is 3. The fourth-order valence-corrected chi connectivity index (χ4v) is 3.51. The summed E-state index contributed by atoms with van der Waals surface area (Å²) in [6.07, 6.45) is 6.86. The van der Waals surface area contributed by atoms with Crippen molar-refractivity contribution in [2.45, 2.75) is 71.4 Å². The van der Waals surface area contributed by atoms with Crippen LogP contribution in [0.3, 0.4) is 0 Å². The van der Waals surface area contributed by atoms with E-state index >= 15 is 0 Å². The monoisotopic (exact) mass is 266 g/mol. The van der Waals surface area contributed by atoms with Gasteiger partial charge in [0.1, 0.15) is 0 Å². The lowest BCUT2D eigenvalue weighted by molar-refractivity contribution is -0.141. The quantitative estimate of drug-likeness (QED) is 0.852. The molecule has 3 heteroatoms. The minimum absolute atomic E-state index is 0.306. The molecule has 2 unspecified atom stereocenters. The van der Waals surface area contributed by atoms with Gasteiger partial charge in [-0.1, -0.05) is 20.8 Å². The molecule has 0 bridgehead atoms. The van der Waals surface area contributed by atoms with Crippen LogP contribution in [-0.4, -0.2) is 36.0 Å².